The maximum atomic E-state index is 13.2. The van der Waals surface area contributed by atoms with Crippen LogP contribution < -0.4 is 11.1 Å². The van der Waals surface area contributed by atoms with Gasteiger partial charge in [0.05, 0.1) is 4.90 Å². The monoisotopic (exact) mass is 308 g/mol. The van der Waals surface area contributed by atoms with E-state index < -0.39 is 27.3 Å². The van der Waals surface area contributed by atoms with Crippen LogP contribution in [-0.2, 0) is 14.6 Å². The minimum atomic E-state index is -3.96. The van der Waals surface area contributed by atoms with Crippen molar-refractivity contribution >= 4 is 27.1 Å². The molecule has 0 saturated carbocycles. The zero-order chi connectivity index (χ0) is 15.5. The predicted octanol–water partition coefficient (Wildman–Crippen LogP) is 1.82. The number of hydrogen-bond donors (Lipinski definition) is 2. The van der Waals surface area contributed by atoms with Gasteiger partial charge in [-0.25, -0.2) is 12.8 Å². The van der Waals surface area contributed by atoms with E-state index in [4.69, 9.17) is 5.73 Å². The topological polar surface area (TPSA) is 89.3 Å². The van der Waals surface area contributed by atoms with Crippen LogP contribution in [0.25, 0.3) is 0 Å². The van der Waals surface area contributed by atoms with Crippen molar-refractivity contribution in [1.29, 1.82) is 0 Å². The summed E-state index contributed by atoms with van der Waals surface area (Å²) < 4.78 is 37.3. The van der Waals surface area contributed by atoms with E-state index in [2.05, 4.69) is 5.32 Å². The average molecular weight is 308 g/mol. The normalized spacial score (nSPS) is 11.1. The van der Waals surface area contributed by atoms with Gasteiger partial charge in [-0.2, -0.15) is 0 Å². The zero-order valence-electron chi connectivity index (χ0n) is 10.9. The summed E-state index contributed by atoms with van der Waals surface area (Å²) in [5, 5.41) is 2.45. The number of carbonyl (C=O) groups is 1. The van der Waals surface area contributed by atoms with Crippen molar-refractivity contribution in [3.63, 3.8) is 0 Å². The highest BCUT2D eigenvalue weighted by Crippen LogP contribution is 2.17. The summed E-state index contributed by atoms with van der Waals surface area (Å²) in [7, 11) is -3.96. The summed E-state index contributed by atoms with van der Waals surface area (Å²) in [4.78, 5) is 11.4. The number of rotatable bonds is 4. The standard InChI is InChI=1S/C14H13FN2O3S/c15-10-6-11(16)8-13(7-10)21(19,20)9-14(18)17-12-4-2-1-3-5-12/h1-8H,9,16H2,(H,17,18). The Hall–Kier alpha value is -2.41. The molecule has 0 bridgehead atoms. The average Bonchev–Trinajstić information content (AvgIpc) is 2.37. The van der Waals surface area contributed by atoms with Gasteiger partial charge in [-0.15, -0.1) is 0 Å². The van der Waals surface area contributed by atoms with Gasteiger partial charge in [0, 0.05) is 11.4 Å². The number of anilines is 2. The molecule has 3 N–H and O–H groups in total. The molecule has 0 saturated heterocycles. The van der Waals surface area contributed by atoms with Crippen LogP contribution in [-0.4, -0.2) is 20.1 Å². The van der Waals surface area contributed by atoms with Gasteiger partial charge in [0.25, 0.3) is 0 Å². The highest BCUT2D eigenvalue weighted by atomic mass is 32.2. The lowest BCUT2D eigenvalue weighted by Crippen LogP contribution is -2.23. The maximum Gasteiger partial charge on any atom is 0.239 e. The highest BCUT2D eigenvalue weighted by molar-refractivity contribution is 7.92. The van der Waals surface area contributed by atoms with Crippen molar-refractivity contribution in [3.8, 4) is 0 Å². The molecule has 21 heavy (non-hydrogen) atoms. The molecule has 0 unspecified atom stereocenters. The fourth-order valence-electron chi connectivity index (χ4n) is 1.74. The van der Waals surface area contributed by atoms with Crippen LogP contribution >= 0.6 is 0 Å². The zero-order valence-corrected chi connectivity index (χ0v) is 11.7. The molecular formula is C14H13FN2O3S. The predicted molar refractivity (Wildman–Crippen MR) is 77.9 cm³/mol. The van der Waals surface area contributed by atoms with Crippen LogP contribution in [0.15, 0.2) is 53.4 Å². The second-order valence-corrected chi connectivity index (χ2v) is 6.38. The summed E-state index contributed by atoms with van der Waals surface area (Å²) in [6.45, 7) is 0. The minimum absolute atomic E-state index is 0.0166. The summed E-state index contributed by atoms with van der Waals surface area (Å²) >= 11 is 0. The van der Waals surface area contributed by atoms with Crippen molar-refractivity contribution in [2.75, 3.05) is 16.8 Å². The first-order valence-electron chi connectivity index (χ1n) is 6.00. The Morgan fingerprint density at radius 2 is 1.81 bits per heavy atom. The van der Waals surface area contributed by atoms with Crippen LogP contribution in [0.1, 0.15) is 0 Å². The lowest BCUT2D eigenvalue weighted by molar-refractivity contribution is -0.113. The number of para-hydroxylation sites is 1. The summed E-state index contributed by atoms with van der Waals surface area (Å²) in [6.07, 6.45) is 0. The molecule has 5 nitrogen and oxygen atoms in total. The van der Waals surface area contributed by atoms with Crippen LogP contribution in [0.3, 0.4) is 0 Å². The number of sulfone groups is 1. The molecule has 2 aromatic carbocycles. The second-order valence-electron chi connectivity index (χ2n) is 4.39. The van der Waals surface area contributed by atoms with Gasteiger partial charge in [0.2, 0.25) is 5.91 Å². The Kier molecular flexibility index (Phi) is 4.23. The molecular weight excluding hydrogens is 295 g/mol. The second kappa shape index (κ2) is 5.92. The molecule has 1 amide bonds. The third-order valence-corrected chi connectivity index (χ3v) is 4.23. The van der Waals surface area contributed by atoms with Crippen molar-refractivity contribution in [2.45, 2.75) is 4.90 Å². The fourth-order valence-corrected chi connectivity index (χ4v) is 2.93. The molecule has 2 aromatic rings. The van der Waals surface area contributed by atoms with E-state index in [1.807, 2.05) is 0 Å². The number of benzene rings is 2. The van der Waals surface area contributed by atoms with Gasteiger partial charge in [0.15, 0.2) is 9.84 Å². The van der Waals surface area contributed by atoms with Gasteiger partial charge in [-0.1, -0.05) is 18.2 Å². The van der Waals surface area contributed by atoms with E-state index >= 15 is 0 Å². The van der Waals surface area contributed by atoms with E-state index in [9.17, 15) is 17.6 Å². The van der Waals surface area contributed by atoms with Crippen LogP contribution in [0.4, 0.5) is 15.8 Å². The number of hydrogen-bond acceptors (Lipinski definition) is 4. The fraction of sp³-hybridized carbons (Fsp3) is 0.0714. The van der Waals surface area contributed by atoms with Gasteiger partial charge < -0.3 is 11.1 Å². The maximum absolute atomic E-state index is 13.2. The molecule has 0 atom stereocenters. The van der Waals surface area contributed by atoms with Crippen molar-refractivity contribution in [1.82, 2.24) is 0 Å². The number of nitrogen functional groups attached to an aromatic ring is 1. The third-order valence-electron chi connectivity index (χ3n) is 2.63. The number of nitrogens with two attached hydrogens (primary N) is 1. The summed E-state index contributed by atoms with van der Waals surface area (Å²) in [6, 6.07) is 11.4. The first-order chi connectivity index (χ1) is 9.87. The van der Waals surface area contributed by atoms with Crippen LogP contribution in [0, 0.1) is 5.82 Å². The van der Waals surface area contributed by atoms with Crippen molar-refractivity contribution in [3.05, 3.63) is 54.3 Å². The number of halogens is 1. The molecule has 0 radical (unpaired) electrons. The largest absolute Gasteiger partial charge is 0.399 e. The minimum Gasteiger partial charge on any atom is -0.399 e. The molecule has 0 fully saturated rings. The Balaban J connectivity index is 2.15. The third kappa shape index (κ3) is 4.03. The van der Waals surface area contributed by atoms with E-state index in [-0.39, 0.29) is 10.6 Å². The van der Waals surface area contributed by atoms with Crippen molar-refractivity contribution in [2.24, 2.45) is 0 Å². The molecule has 0 heterocycles. The van der Waals surface area contributed by atoms with Crippen LogP contribution in [0.2, 0.25) is 0 Å². The van der Waals surface area contributed by atoms with Gasteiger partial charge in [-0.05, 0) is 30.3 Å². The Labute approximate surface area is 121 Å². The van der Waals surface area contributed by atoms with Crippen LogP contribution in [0.5, 0.6) is 0 Å². The number of amides is 1. The SMILES string of the molecule is Nc1cc(F)cc(S(=O)(=O)CC(=O)Nc2ccccc2)c1. The van der Waals surface area contributed by atoms with Gasteiger partial charge in [0.1, 0.15) is 11.6 Å². The van der Waals surface area contributed by atoms with Gasteiger partial charge in [-0.3, -0.25) is 4.79 Å². The molecule has 7 heteroatoms. The lowest BCUT2D eigenvalue weighted by Gasteiger charge is -2.07. The Morgan fingerprint density at radius 3 is 2.43 bits per heavy atom. The molecule has 110 valence electrons. The molecule has 0 aliphatic heterocycles. The first-order valence-corrected chi connectivity index (χ1v) is 7.66. The molecule has 0 aromatic heterocycles. The molecule has 0 aliphatic carbocycles. The first kappa shape index (κ1) is 15.0. The molecule has 0 aliphatic rings. The highest BCUT2D eigenvalue weighted by Gasteiger charge is 2.20. The molecule has 0 spiro atoms. The lowest BCUT2D eigenvalue weighted by atomic mass is 10.3. The van der Waals surface area contributed by atoms with E-state index in [0.717, 1.165) is 18.2 Å². The van der Waals surface area contributed by atoms with Gasteiger partial charge >= 0.3 is 0 Å². The quantitative estimate of drug-likeness (QED) is 0.843. The number of carbonyl (C=O) groups excluding carboxylic acids is 1. The van der Waals surface area contributed by atoms with E-state index in [1.54, 1.807) is 30.3 Å². The van der Waals surface area contributed by atoms with E-state index in [0.29, 0.717) is 5.69 Å². The van der Waals surface area contributed by atoms with Crippen molar-refractivity contribution < 1.29 is 17.6 Å². The summed E-state index contributed by atoms with van der Waals surface area (Å²) in [5.41, 5.74) is 5.87. The summed E-state index contributed by atoms with van der Waals surface area (Å²) in [5.74, 6) is -2.26. The number of nitrogens with one attached hydrogen (secondary N) is 1. The Bertz CT molecular complexity index is 741. The van der Waals surface area contributed by atoms with E-state index in [1.165, 1.54) is 0 Å². The smallest absolute Gasteiger partial charge is 0.239 e. The molecule has 2 rings (SSSR count). The Morgan fingerprint density at radius 1 is 1.14 bits per heavy atom.